The Kier molecular flexibility index (Phi) is 3.88. The number of fused-ring (bicyclic) bond motifs is 1. The average molecular weight is 285 g/mol. The van der Waals surface area contributed by atoms with E-state index in [-0.39, 0.29) is 0 Å². The summed E-state index contributed by atoms with van der Waals surface area (Å²) in [5.41, 5.74) is 2.48. The molecule has 3 rings (SSSR count). The highest BCUT2D eigenvalue weighted by Gasteiger charge is 2.23. The first-order chi connectivity index (χ1) is 9.76. The Bertz CT molecular complexity index is 617. The van der Waals surface area contributed by atoms with E-state index in [0.717, 1.165) is 13.0 Å². The van der Waals surface area contributed by atoms with Crippen LogP contribution in [-0.2, 0) is 17.6 Å². The molecule has 2 nitrogen and oxygen atoms in total. The van der Waals surface area contributed by atoms with Crippen LogP contribution in [0.4, 0.5) is 5.69 Å². The van der Waals surface area contributed by atoms with Crippen LogP contribution >= 0.6 is 11.3 Å². The van der Waals surface area contributed by atoms with E-state index in [1.807, 2.05) is 6.07 Å². The van der Waals surface area contributed by atoms with Crippen LogP contribution in [0.3, 0.4) is 0 Å². The summed E-state index contributed by atoms with van der Waals surface area (Å²) in [6.07, 6.45) is 2.28. The molecule has 2 heterocycles. The van der Waals surface area contributed by atoms with Crippen molar-refractivity contribution in [3.63, 3.8) is 0 Å². The molecule has 2 aromatic rings. The predicted molar refractivity (Wildman–Crippen MR) is 84.7 cm³/mol. The Balaban J connectivity index is 1.62. The van der Waals surface area contributed by atoms with Crippen LogP contribution in [0, 0.1) is 0 Å². The molecule has 104 valence electrons. The smallest absolute Gasteiger partial charge is 0.138 e. The number of benzene rings is 1. The first-order valence-electron chi connectivity index (χ1n) is 7.18. The van der Waals surface area contributed by atoms with Gasteiger partial charge in [0, 0.05) is 40.7 Å². The molecule has 0 aliphatic carbocycles. The number of para-hydroxylation sites is 1. The molecule has 1 atom stereocenters. The highest BCUT2D eigenvalue weighted by molar-refractivity contribution is 7.12. The normalized spacial score (nSPS) is 16.8. The third kappa shape index (κ3) is 2.78. The van der Waals surface area contributed by atoms with Gasteiger partial charge in [-0.3, -0.25) is 4.79 Å². The number of nitrogens with one attached hydrogen (secondary N) is 1. The molecule has 0 saturated heterocycles. The van der Waals surface area contributed by atoms with Gasteiger partial charge >= 0.3 is 0 Å². The molecule has 0 spiro atoms. The minimum absolute atomic E-state index is 0.337. The molecule has 0 fully saturated rings. The van der Waals surface area contributed by atoms with Crippen molar-refractivity contribution in [2.45, 2.75) is 32.1 Å². The van der Waals surface area contributed by atoms with Crippen molar-refractivity contribution in [3.8, 4) is 0 Å². The van der Waals surface area contributed by atoms with Gasteiger partial charge in [0.1, 0.15) is 5.78 Å². The summed E-state index contributed by atoms with van der Waals surface area (Å²) < 4.78 is 0. The lowest BCUT2D eigenvalue weighted by atomic mass is 9.94. The molecule has 0 saturated carbocycles. The van der Waals surface area contributed by atoms with Crippen molar-refractivity contribution in [2.24, 2.45) is 0 Å². The fourth-order valence-electron chi connectivity index (χ4n) is 2.79. The van der Waals surface area contributed by atoms with E-state index in [4.69, 9.17) is 0 Å². The summed E-state index contributed by atoms with van der Waals surface area (Å²) in [6.45, 7) is 3.04. The van der Waals surface area contributed by atoms with Gasteiger partial charge in [-0.05, 0) is 30.2 Å². The lowest BCUT2D eigenvalue weighted by molar-refractivity contribution is -0.118. The van der Waals surface area contributed by atoms with Gasteiger partial charge in [0.25, 0.3) is 0 Å². The Morgan fingerprint density at radius 1 is 1.25 bits per heavy atom. The number of aryl methyl sites for hydroxylation is 1. The van der Waals surface area contributed by atoms with Crippen molar-refractivity contribution >= 4 is 22.8 Å². The second-order valence-electron chi connectivity index (χ2n) is 5.31. The van der Waals surface area contributed by atoms with Crippen LogP contribution in [0.1, 0.15) is 34.6 Å². The predicted octanol–water partition coefficient (Wildman–Crippen LogP) is 4.02. The monoisotopic (exact) mass is 285 g/mol. The van der Waals surface area contributed by atoms with E-state index in [2.05, 4.69) is 42.6 Å². The number of Topliss-reactive ketones (excluding diaryl/α,β-unsaturated/α-hetero) is 1. The number of hydrogen-bond donors (Lipinski definition) is 1. The number of carbonyl (C=O) groups excluding carboxylic acids is 1. The topological polar surface area (TPSA) is 29.1 Å². The zero-order valence-electron chi connectivity index (χ0n) is 11.7. The maximum atomic E-state index is 12.3. The highest BCUT2D eigenvalue weighted by Crippen LogP contribution is 2.33. The second-order valence-corrected chi connectivity index (χ2v) is 6.56. The quantitative estimate of drug-likeness (QED) is 0.899. The van der Waals surface area contributed by atoms with E-state index < -0.39 is 0 Å². The van der Waals surface area contributed by atoms with Crippen LogP contribution < -0.4 is 5.32 Å². The summed E-state index contributed by atoms with van der Waals surface area (Å²) in [5, 5.41) is 3.38. The summed E-state index contributed by atoms with van der Waals surface area (Å²) in [4.78, 5) is 14.8. The summed E-state index contributed by atoms with van der Waals surface area (Å²) in [7, 11) is 0. The largest absolute Gasteiger partial charge is 0.384 e. The molecule has 3 heteroatoms. The lowest BCUT2D eigenvalue weighted by Crippen LogP contribution is -2.10. The lowest BCUT2D eigenvalue weighted by Gasteiger charge is -2.08. The maximum absolute atomic E-state index is 12.3. The molecular weight excluding hydrogens is 266 g/mol. The van der Waals surface area contributed by atoms with E-state index >= 15 is 0 Å². The van der Waals surface area contributed by atoms with Crippen LogP contribution in [0.2, 0.25) is 0 Å². The molecule has 20 heavy (non-hydrogen) atoms. The van der Waals surface area contributed by atoms with Crippen molar-refractivity contribution in [3.05, 3.63) is 51.7 Å². The zero-order valence-corrected chi connectivity index (χ0v) is 12.5. The molecule has 1 unspecified atom stereocenters. The third-order valence-electron chi connectivity index (χ3n) is 3.85. The first kappa shape index (κ1) is 13.4. The molecule has 0 radical (unpaired) electrons. The van der Waals surface area contributed by atoms with Gasteiger partial charge in [-0.15, -0.1) is 11.3 Å². The number of thiophene rings is 1. The Morgan fingerprint density at radius 2 is 2.05 bits per heavy atom. The second kappa shape index (κ2) is 5.80. The Labute approximate surface area is 123 Å². The van der Waals surface area contributed by atoms with E-state index in [9.17, 15) is 4.79 Å². The van der Waals surface area contributed by atoms with E-state index in [0.29, 0.717) is 24.5 Å². The van der Waals surface area contributed by atoms with Crippen molar-refractivity contribution in [2.75, 3.05) is 11.9 Å². The molecule has 0 bridgehead atoms. The Morgan fingerprint density at radius 3 is 2.85 bits per heavy atom. The molecule has 1 aliphatic heterocycles. The Hall–Kier alpha value is -1.61. The van der Waals surface area contributed by atoms with E-state index in [1.165, 1.54) is 21.0 Å². The van der Waals surface area contributed by atoms with Gasteiger partial charge < -0.3 is 5.32 Å². The van der Waals surface area contributed by atoms with Gasteiger partial charge in [0.15, 0.2) is 0 Å². The summed E-state index contributed by atoms with van der Waals surface area (Å²) in [5.74, 6) is 0.683. The number of carbonyl (C=O) groups is 1. The van der Waals surface area contributed by atoms with Crippen molar-refractivity contribution < 1.29 is 4.79 Å². The first-order valence-corrected chi connectivity index (χ1v) is 8.00. The fraction of sp³-hybridized carbons (Fsp3) is 0.353. The van der Waals surface area contributed by atoms with Crippen molar-refractivity contribution in [1.29, 1.82) is 0 Å². The molecule has 1 aliphatic rings. The van der Waals surface area contributed by atoms with Gasteiger partial charge in [-0.1, -0.05) is 25.1 Å². The SMILES string of the molecule is CCc1ccc(CC(=O)CC2CNc3ccccc32)s1. The van der Waals surface area contributed by atoms with Crippen LogP contribution in [0.25, 0.3) is 0 Å². The number of anilines is 1. The minimum Gasteiger partial charge on any atom is -0.384 e. The molecule has 1 N–H and O–H groups in total. The van der Waals surface area contributed by atoms with Gasteiger partial charge in [0.2, 0.25) is 0 Å². The van der Waals surface area contributed by atoms with Crippen LogP contribution in [0.5, 0.6) is 0 Å². The molecular formula is C17H19NOS. The summed E-state index contributed by atoms with van der Waals surface area (Å²) in [6, 6.07) is 12.5. The fourth-order valence-corrected chi connectivity index (χ4v) is 3.77. The molecule has 1 aromatic heterocycles. The number of rotatable bonds is 5. The third-order valence-corrected chi connectivity index (χ3v) is 5.08. The number of hydrogen-bond acceptors (Lipinski definition) is 3. The number of ketones is 1. The minimum atomic E-state index is 0.337. The van der Waals surface area contributed by atoms with Crippen LogP contribution in [-0.4, -0.2) is 12.3 Å². The van der Waals surface area contributed by atoms with E-state index in [1.54, 1.807) is 11.3 Å². The standard InChI is InChI=1S/C17H19NOS/c1-2-14-7-8-15(20-14)10-13(19)9-12-11-18-17-6-4-3-5-16(12)17/h3-8,12,18H,2,9-11H2,1H3. The average Bonchev–Trinajstić information content (AvgIpc) is 3.06. The van der Waals surface area contributed by atoms with Gasteiger partial charge in [0.05, 0.1) is 0 Å². The molecule has 1 aromatic carbocycles. The maximum Gasteiger partial charge on any atom is 0.138 e. The van der Waals surface area contributed by atoms with Gasteiger partial charge in [-0.2, -0.15) is 0 Å². The highest BCUT2D eigenvalue weighted by atomic mass is 32.1. The zero-order chi connectivity index (χ0) is 13.9. The van der Waals surface area contributed by atoms with Crippen LogP contribution in [0.15, 0.2) is 36.4 Å². The summed E-state index contributed by atoms with van der Waals surface area (Å²) >= 11 is 1.77. The van der Waals surface area contributed by atoms with Crippen molar-refractivity contribution in [1.82, 2.24) is 0 Å². The van der Waals surface area contributed by atoms with Gasteiger partial charge in [-0.25, -0.2) is 0 Å². The molecule has 0 amide bonds.